The number of nitrogens with zero attached hydrogens (tertiary/aromatic N) is 4. The summed E-state index contributed by atoms with van der Waals surface area (Å²) < 4.78 is 5.02. The first-order valence-corrected chi connectivity index (χ1v) is 18.9. The standard InChI is InChI=1S/C50H35BN4/c1-7-20-36(21-8-1)42-34-46-52(49(42)38-24-11-3-12-25-38)44-32-19-33-45-48(44)51(54(46)40-28-15-5-16-29-40)55(41-30-17-6-18-31-41)47-35-43(37-22-9-2-10-23-37)50(53(45)47)39-26-13-4-14-27-39/h1-35H. The van der Waals surface area contributed by atoms with Crippen LogP contribution in [0.25, 0.3) is 56.1 Å². The van der Waals surface area contributed by atoms with E-state index in [1.54, 1.807) is 0 Å². The second-order valence-electron chi connectivity index (χ2n) is 14.2. The molecule has 0 atom stereocenters. The van der Waals surface area contributed by atoms with Crippen molar-refractivity contribution in [2.75, 3.05) is 9.62 Å². The van der Waals surface area contributed by atoms with E-state index in [1.165, 1.54) is 61.6 Å². The molecule has 4 nitrogen and oxygen atoms in total. The second-order valence-corrected chi connectivity index (χ2v) is 14.2. The van der Waals surface area contributed by atoms with Crippen molar-refractivity contribution in [1.29, 1.82) is 0 Å². The Balaban J connectivity index is 1.31. The van der Waals surface area contributed by atoms with Gasteiger partial charge in [-0.05, 0) is 70.8 Å². The minimum Gasteiger partial charge on any atom is -0.347 e. The van der Waals surface area contributed by atoms with E-state index < -0.39 is 0 Å². The first-order chi connectivity index (χ1) is 27.3. The summed E-state index contributed by atoms with van der Waals surface area (Å²) in [6.45, 7) is -0.208. The Morgan fingerprint density at radius 1 is 0.309 bits per heavy atom. The number of aromatic nitrogens is 2. The highest BCUT2D eigenvalue weighted by Crippen LogP contribution is 2.51. The van der Waals surface area contributed by atoms with Gasteiger partial charge in [-0.2, -0.15) is 0 Å². The zero-order valence-corrected chi connectivity index (χ0v) is 30.1. The molecule has 5 heteroatoms. The van der Waals surface area contributed by atoms with E-state index in [9.17, 15) is 0 Å². The van der Waals surface area contributed by atoms with Crippen LogP contribution in [-0.4, -0.2) is 16.1 Å². The van der Waals surface area contributed by atoms with E-state index in [-0.39, 0.29) is 6.98 Å². The first kappa shape index (κ1) is 31.3. The van der Waals surface area contributed by atoms with Crippen molar-refractivity contribution in [2.24, 2.45) is 0 Å². The monoisotopic (exact) mass is 702 g/mol. The summed E-state index contributed by atoms with van der Waals surface area (Å²) in [6, 6.07) is 76.9. The lowest BCUT2D eigenvalue weighted by molar-refractivity contribution is 0.995. The Morgan fingerprint density at radius 3 is 1.00 bits per heavy atom. The third kappa shape index (κ3) is 4.87. The van der Waals surface area contributed by atoms with Gasteiger partial charge in [-0.25, -0.2) is 0 Å². The van der Waals surface area contributed by atoms with Gasteiger partial charge >= 0.3 is 6.98 Å². The maximum atomic E-state index is 2.55. The minimum atomic E-state index is -0.208. The molecular formula is C50H35BN4. The molecule has 0 saturated heterocycles. The minimum absolute atomic E-state index is 0.208. The Morgan fingerprint density at radius 2 is 0.636 bits per heavy atom. The van der Waals surface area contributed by atoms with Crippen molar-refractivity contribution in [2.45, 2.75) is 0 Å². The SMILES string of the molecule is c1ccc(-c2cc3n(c2-c2ccccc2)-c2cccc4c2B(N3c2ccccc2)N(c2ccccc2)c2cc(-c3ccccc3)c(-c3ccccc3)n2-4)cc1. The highest BCUT2D eigenvalue weighted by Gasteiger charge is 2.49. The average Bonchev–Trinajstić information content (AvgIpc) is 3.87. The number of benzene rings is 7. The van der Waals surface area contributed by atoms with Crippen molar-refractivity contribution >= 4 is 35.5 Å². The van der Waals surface area contributed by atoms with Crippen LogP contribution in [0.2, 0.25) is 0 Å². The van der Waals surface area contributed by atoms with Gasteiger partial charge in [0.1, 0.15) is 11.6 Å². The molecular weight excluding hydrogens is 667 g/mol. The molecule has 11 rings (SSSR count). The molecule has 2 aliphatic rings. The van der Waals surface area contributed by atoms with Crippen molar-refractivity contribution in [3.63, 3.8) is 0 Å². The number of hydrogen-bond donors (Lipinski definition) is 0. The van der Waals surface area contributed by atoms with E-state index in [0.717, 1.165) is 23.0 Å². The molecule has 4 heterocycles. The average molecular weight is 703 g/mol. The summed E-state index contributed by atoms with van der Waals surface area (Å²) in [4.78, 5) is 5.11. The van der Waals surface area contributed by atoms with Crippen LogP contribution in [0.3, 0.4) is 0 Å². The molecule has 0 aliphatic carbocycles. The number of para-hydroxylation sites is 2. The Kier molecular flexibility index (Phi) is 7.24. The van der Waals surface area contributed by atoms with Gasteiger partial charge < -0.3 is 9.62 Å². The van der Waals surface area contributed by atoms with Gasteiger partial charge in [-0.1, -0.05) is 164 Å². The number of hydrogen-bond acceptors (Lipinski definition) is 2. The van der Waals surface area contributed by atoms with Crippen LogP contribution in [0.1, 0.15) is 0 Å². The molecule has 258 valence electrons. The van der Waals surface area contributed by atoms with Crippen LogP contribution in [0.15, 0.2) is 212 Å². The van der Waals surface area contributed by atoms with E-state index in [0.29, 0.717) is 0 Å². The molecule has 0 saturated carbocycles. The molecule has 0 spiro atoms. The smallest absolute Gasteiger partial charge is 0.347 e. The van der Waals surface area contributed by atoms with Crippen LogP contribution >= 0.6 is 0 Å². The number of rotatable bonds is 6. The van der Waals surface area contributed by atoms with Gasteiger partial charge in [-0.15, -0.1) is 0 Å². The fourth-order valence-corrected chi connectivity index (χ4v) is 8.82. The zero-order valence-electron chi connectivity index (χ0n) is 30.1. The summed E-state index contributed by atoms with van der Waals surface area (Å²) in [6.07, 6.45) is 0. The van der Waals surface area contributed by atoms with Crippen molar-refractivity contribution in [1.82, 2.24) is 9.13 Å². The van der Waals surface area contributed by atoms with Gasteiger partial charge in [0, 0.05) is 39.3 Å². The predicted octanol–water partition coefficient (Wildman–Crippen LogP) is 11.9. The number of fused-ring (bicyclic) bond motifs is 4. The second kappa shape index (κ2) is 12.7. The largest absolute Gasteiger partial charge is 0.427 e. The highest BCUT2D eigenvalue weighted by molar-refractivity contribution is 6.85. The molecule has 0 unspecified atom stereocenters. The first-order valence-electron chi connectivity index (χ1n) is 18.9. The maximum absolute atomic E-state index is 2.55. The van der Waals surface area contributed by atoms with Gasteiger partial charge in [-0.3, -0.25) is 9.13 Å². The quantitative estimate of drug-likeness (QED) is 0.160. The van der Waals surface area contributed by atoms with Gasteiger partial charge in [0.05, 0.1) is 11.4 Å². The lowest BCUT2D eigenvalue weighted by Gasteiger charge is -2.47. The molecule has 0 amide bonds. The molecule has 9 aromatic rings. The maximum Gasteiger partial charge on any atom is 0.427 e. The Bertz CT molecular complexity index is 2610. The third-order valence-corrected chi connectivity index (χ3v) is 11.1. The van der Waals surface area contributed by atoms with Crippen LogP contribution < -0.4 is 15.1 Å². The van der Waals surface area contributed by atoms with Crippen LogP contribution in [0.4, 0.5) is 23.0 Å². The van der Waals surface area contributed by atoms with E-state index >= 15 is 0 Å². The van der Waals surface area contributed by atoms with Crippen molar-refractivity contribution in [3.8, 4) is 56.1 Å². The molecule has 7 aromatic carbocycles. The van der Waals surface area contributed by atoms with Gasteiger partial charge in [0.2, 0.25) is 0 Å². The van der Waals surface area contributed by atoms with Gasteiger partial charge in [0.15, 0.2) is 0 Å². The topological polar surface area (TPSA) is 16.3 Å². The molecule has 0 fully saturated rings. The van der Waals surface area contributed by atoms with Gasteiger partial charge in [0.25, 0.3) is 0 Å². The fourth-order valence-electron chi connectivity index (χ4n) is 8.82. The Labute approximate surface area is 321 Å². The Hall–Kier alpha value is -7.24. The molecule has 2 aromatic heterocycles. The van der Waals surface area contributed by atoms with E-state index in [4.69, 9.17) is 0 Å². The summed E-state index contributed by atoms with van der Waals surface area (Å²) in [5, 5.41) is 0. The van der Waals surface area contributed by atoms with E-state index in [1.807, 2.05) is 0 Å². The molecule has 55 heavy (non-hydrogen) atoms. The summed E-state index contributed by atoms with van der Waals surface area (Å²) in [7, 11) is 0. The van der Waals surface area contributed by atoms with Crippen LogP contribution in [0.5, 0.6) is 0 Å². The highest BCUT2D eigenvalue weighted by atomic mass is 15.4. The zero-order chi connectivity index (χ0) is 36.3. The van der Waals surface area contributed by atoms with Crippen LogP contribution in [-0.2, 0) is 0 Å². The lowest BCUT2D eigenvalue weighted by atomic mass is 9.59. The molecule has 0 bridgehead atoms. The molecule has 0 radical (unpaired) electrons. The normalized spacial score (nSPS) is 12.6. The van der Waals surface area contributed by atoms with Crippen LogP contribution in [0, 0.1) is 0 Å². The summed E-state index contributed by atoms with van der Waals surface area (Å²) in [5.74, 6) is 2.23. The fraction of sp³-hybridized carbons (Fsp3) is 0. The summed E-state index contributed by atoms with van der Waals surface area (Å²) in [5.41, 5.74) is 15.3. The van der Waals surface area contributed by atoms with Crippen molar-refractivity contribution < 1.29 is 0 Å². The van der Waals surface area contributed by atoms with Crippen molar-refractivity contribution in [3.05, 3.63) is 212 Å². The molecule has 0 N–H and O–H groups in total. The summed E-state index contributed by atoms with van der Waals surface area (Å²) >= 11 is 0. The lowest BCUT2D eigenvalue weighted by Crippen LogP contribution is -2.64. The number of anilines is 4. The third-order valence-electron chi connectivity index (χ3n) is 11.1. The van der Waals surface area contributed by atoms with E-state index in [2.05, 4.69) is 231 Å². The predicted molar refractivity (Wildman–Crippen MR) is 229 cm³/mol. The molecule has 2 aliphatic heterocycles.